The zero-order valence-corrected chi connectivity index (χ0v) is 12.6. The SMILES string of the molecule is Cc1ccc(C(=O)NC[C@@H]2CCN(C3CC3)C2)c(Cl)c1. The Hall–Kier alpha value is -1.06. The van der Waals surface area contributed by atoms with Gasteiger partial charge in [0.15, 0.2) is 0 Å². The van der Waals surface area contributed by atoms with E-state index in [1.807, 2.05) is 19.1 Å². The molecule has 1 aromatic rings. The molecule has 0 unspecified atom stereocenters. The molecule has 1 N–H and O–H groups in total. The minimum atomic E-state index is -0.0557. The van der Waals surface area contributed by atoms with Crippen LogP contribution in [-0.2, 0) is 0 Å². The molecule has 1 atom stereocenters. The van der Waals surface area contributed by atoms with Gasteiger partial charge in [0.05, 0.1) is 10.6 Å². The first kappa shape index (κ1) is 13.9. The smallest absolute Gasteiger partial charge is 0.252 e. The van der Waals surface area contributed by atoms with Gasteiger partial charge in [0.25, 0.3) is 5.91 Å². The molecule has 0 bridgehead atoms. The quantitative estimate of drug-likeness (QED) is 0.925. The molecule has 2 aliphatic rings. The maximum Gasteiger partial charge on any atom is 0.252 e. The second-order valence-corrected chi connectivity index (χ2v) is 6.48. The van der Waals surface area contributed by atoms with Gasteiger partial charge in [-0.05, 0) is 56.3 Å². The molecule has 4 heteroatoms. The molecule has 1 amide bonds. The summed E-state index contributed by atoms with van der Waals surface area (Å²) in [5.41, 5.74) is 1.65. The average molecular weight is 293 g/mol. The molecule has 3 rings (SSSR count). The van der Waals surface area contributed by atoms with Gasteiger partial charge < -0.3 is 10.2 Å². The lowest BCUT2D eigenvalue weighted by Gasteiger charge is -2.15. The molecule has 2 fully saturated rings. The number of nitrogens with one attached hydrogen (secondary N) is 1. The maximum absolute atomic E-state index is 12.2. The van der Waals surface area contributed by atoms with Crippen LogP contribution >= 0.6 is 11.6 Å². The predicted molar refractivity (Wildman–Crippen MR) is 81.2 cm³/mol. The van der Waals surface area contributed by atoms with Crippen LogP contribution in [-0.4, -0.2) is 36.5 Å². The van der Waals surface area contributed by atoms with E-state index in [1.165, 1.54) is 25.8 Å². The number of hydrogen-bond donors (Lipinski definition) is 1. The van der Waals surface area contributed by atoms with Crippen LogP contribution < -0.4 is 5.32 Å². The van der Waals surface area contributed by atoms with Crippen LogP contribution in [0.1, 0.15) is 35.2 Å². The van der Waals surface area contributed by atoms with E-state index < -0.39 is 0 Å². The summed E-state index contributed by atoms with van der Waals surface area (Å²) < 4.78 is 0. The first-order valence-electron chi connectivity index (χ1n) is 7.42. The molecule has 1 aromatic carbocycles. The van der Waals surface area contributed by atoms with Crippen molar-refractivity contribution in [2.45, 2.75) is 32.2 Å². The summed E-state index contributed by atoms with van der Waals surface area (Å²) in [6.45, 7) is 5.05. The van der Waals surface area contributed by atoms with Crippen LogP contribution in [0.15, 0.2) is 18.2 Å². The summed E-state index contributed by atoms with van der Waals surface area (Å²) >= 11 is 6.12. The van der Waals surface area contributed by atoms with Gasteiger partial charge in [0.1, 0.15) is 0 Å². The molecular formula is C16H21ClN2O. The van der Waals surface area contributed by atoms with Crippen molar-refractivity contribution in [1.82, 2.24) is 10.2 Å². The molecule has 1 heterocycles. The van der Waals surface area contributed by atoms with Gasteiger partial charge in [-0.25, -0.2) is 0 Å². The number of carbonyl (C=O) groups excluding carboxylic acids is 1. The van der Waals surface area contributed by atoms with Gasteiger partial charge in [0.2, 0.25) is 0 Å². The average Bonchev–Trinajstić information content (AvgIpc) is 3.15. The fourth-order valence-electron chi connectivity index (χ4n) is 2.94. The standard InChI is InChI=1S/C16H21ClN2O/c1-11-2-5-14(15(17)8-11)16(20)18-9-12-6-7-19(10-12)13-3-4-13/h2,5,8,12-13H,3-4,6-7,9-10H2,1H3,(H,18,20)/t12-/m0/s1. The molecular weight excluding hydrogens is 272 g/mol. The Balaban J connectivity index is 1.51. The van der Waals surface area contributed by atoms with Gasteiger partial charge in [0, 0.05) is 19.1 Å². The van der Waals surface area contributed by atoms with Crippen LogP contribution in [0.2, 0.25) is 5.02 Å². The van der Waals surface area contributed by atoms with E-state index >= 15 is 0 Å². The van der Waals surface area contributed by atoms with Crippen molar-refractivity contribution < 1.29 is 4.79 Å². The highest BCUT2D eigenvalue weighted by atomic mass is 35.5. The van der Waals surface area contributed by atoms with Crippen molar-refractivity contribution in [2.24, 2.45) is 5.92 Å². The third-order valence-corrected chi connectivity index (χ3v) is 4.61. The first-order valence-corrected chi connectivity index (χ1v) is 7.79. The zero-order chi connectivity index (χ0) is 14.1. The number of aryl methyl sites for hydroxylation is 1. The molecule has 0 spiro atoms. The maximum atomic E-state index is 12.2. The summed E-state index contributed by atoms with van der Waals surface area (Å²) in [6, 6.07) is 6.40. The molecule has 108 valence electrons. The summed E-state index contributed by atoms with van der Waals surface area (Å²) in [5, 5.41) is 3.57. The Bertz CT molecular complexity index is 513. The van der Waals surface area contributed by atoms with Gasteiger partial charge in [-0.2, -0.15) is 0 Å². The van der Waals surface area contributed by atoms with Crippen molar-refractivity contribution >= 4 is 17.5 Å². The Morgan fingerprint density at radius 1 is 1.40 bits per heavy atom. The first-order chi connectivity index (χ1) is 9.63. The number of hydrogen-bond acceptors (Lipinski definition) is 2. The second kappa shape index (κ2) is 5.74. The second-order valence-electron chi connectivity index (χ2n) is 6.07. The molecule has 1 saturated heterocycles. The highest BCUT2D eigenvalue weighted by Gasteiger charge is 2.34. The van der Waals surface area contributed by atoms with E-state index in [-0.39, 0.29) is 5.91 Å². The zero-order valence-electron chi connectivity index (χ0n) is 11.9. The van der Waals surface area contributed by atoms with Gasteiger partial charge in [-0.15, -0.1) is 0 Å². The lowest BCUT2D eigenvalue weighted by atomic mass is 10.1. The van der Waals surface area contributed by atoms with Gasteiger partial charge in [-0.3, -0.25) is 4.79 Å². The number of carbonyl (C=O) groups is 1. The van der Waals surface area contributed by atoms with Crippen molar-refractivity contribution in [3.05, 3.63) is 34.3 Å². The lowest BCUT2D eigenvalue weighted by Crippen LogP contribution is -2.31. The predicted octanol–water partition coefficient (Wildman–Crippen LogP) is 2.86. The number of nitrogens with zero attached hydrogens (tertiary/aromatic N) is 1. The monoisotopic (exact) mass is 292 g/mol. The summed E-state index contributed by atoms with van der Waals surface area (Å²) in [4.78, 5) is 14.7. The van der Waals surface area contributed by atoms with Gasteiger partial charge in [-0.1, -0.05) is 17.7 Å². The molecule has 1 aliphatic carbocycles. The van der Waals surface area contributed by atoms with E-state index in [0.717, 1.165) is 24.7 Å². The molecule has 1 aliphatic heterocycles. The van der Waals surface area contributed by atoms with Crippen LogP contribution in [0.3, 0.4) is 0 Å². The summed E-state index contributed by atoms with van der Waals surface area (Å²) in [7, 11) is 0. The fraction of sp³-hybridized carbons (Fsp3) is 0.562. The Morgan fingerprint density at radius 3 is 2.90 bits per heavy atom. The number of rotatable bonds is 4. The number of halogens is 1. The van der Waals surface area contributed by atoms with Crippen LogP contribution in [0.4, 0.5) is 0 Å². The lowest BCUT2D eigenvalue weighted by molar-refractivity contribution is 0.0947. The van der Waals surface area contributed by atoms with Crippen molar-refractivity contribution in [1.29, 1.82) is 0 Å². The highest BCUT2D eigenvalue weighted by Crippen LogP contribution is 2.31. The largest absolute Gasteiger partial charge is 0.352 e. The third-order valence-electron chi connectivity index (χ3n) is 4.30. The van der Waals surface area contributed by atoms with E-state index in [0.29, 0.717) is 16.5 Å². The van der Waals surface area contributed by atoms with E-state index in [9.17, 15) is 4.79 Å². The minimum absolute atomic E-state index is 0.0557. The summed E-state index contributed by atoms with van der Waals surface area (Å²) in [6.07, 6.45) is 3.91. The Morgan fingerprint density at radius 2 is 2.20 bits per heavy atom. The van der Waals surface area contributed by atoms with Gasteiger partial charge >= 0.3 is 0 Å². The molecule has 3 nitrogen and oxygen atoms in total. The molecule has 20 heavy (non-hydrogen) atoms. The molecule has 0 radical (unpaired) electrons. The van der Waals surface area contributed by atoms with Crippen LogP contribution in [0.5, 0.6) is 0 Å². The minimum Gasteiger partial charge on any atom is -0.352 e. The number of benzene rings is 1. The van der Waals surface area contributed by atoms with Crippen LogP contribution in [0.25, 0.3) is 0 Å². The fourth-order valence-corrected chi connectivity index (χ4v) is 3.26. The Kier molecular flexibility index (Phi) is 3.99. The Labute approximate surface area is 125 Å². The molecule has 0 aromatic heterocycles. The number of amides is 1. The topological polar surface area (TPSA) is 32.3 Å². The summed E-state index contributed by atoms with van der Waals surface area (Å²) in [5.74, 6) is 0.531. The number of likely N-dealkylation sites (tertiary alicyclic amines) is 1. The third kappa shape index (κ3) is 3.15. The normalized spacial score (nSPS) is 23.0. The van der Waals surface area contributed by atoms with Crippen LogP contribution in [0, 0.1) is 12.8 Å². The highest BCUT2D eigenvalue weighted by molar-refractivity contribution is 6.33. The van der Waals surface area contributed by atoms with Crippen molar-refractivity contribution in [3.63, 3.8) is 0 Å². The van der Waals surface area contributed by atoms with E-state index in [2.05, 4.69) is 10.2 Å². The van der Waals surface area contributed by atoms with Crippen molar-refractivity contribution in [2.75, 3.05) is 19.6 Å². The van der Waals surface area contributed by atoms with Crippen molar-refractivity contribution in [3.8, 4) is 0 Å². The molecule has 1 saturated carbocycles. The van der Waals surface area contributed by atoms with E-state index in [1.54, 1.807) is 6.07 Å². The van der Waals surface area contributed by atoms with E-state index in [4.69, 9.17) is 11.6 Å².